The lowest BCUT2D eigenvalue weighted by Gasteiger charge is -2.08. The van der Waals surface area contributed by atoms with Gasteiger partial charge < -0.3 is 14.5 Å². The molecule has 0 aliphatic heterocycles. The highest BCUT2D eigenvalue weighted by molar-refractivity contribution is 8.71. The fourth-order valence-electron chi connectivity index (χ4n) is 2.10. The standard InChI is InChI=1S/C15H17NO6S2/c1-21-11-3-4-12-10(8-15(18)22-13(12)9-11)7-14(17)16-5-6-23-24(2,19)20/h3-4,8-9H,5-7H2,1-2H3,(H,16,17). The minimum Gasteiger partial charge on any atom is -0.497 e. The van der Waals surface area contributed by atoms with Crippen molar-refractivity contribution in [1.29, 1.82) is 0 Å². The van der Waals surface area contributed by atoms with Crippen LogP contribution in [0.4, 0.5) is 0 Å². The highest BCUT2D eigenvalue weighted by atomic mass is 33.1. The predicted octanol–water partition coefficient (Wildman–Crippen LogP) is 1.15. The summed E-state index contributed by atoms with van der Waals surface area (Å²) in [5.74, 6) is 0.510. The van der Waals surface area contributed by atoms with Gasteiger partial charge in [-0.25, -0.2) is 13.2 Å². The van der Waals surface area contributed by atoms with Crippen LogP contribution in [0.2, 0.25) is 0 Å². The van der Waals surface area contributed by atoms with Gasteiger partial charge in [-0.05, 0) is 28.5 Å². The maximum atomic E-state index is 12.0. The fraction of sp³-hybridized carbons (Fsp3) is 0.333. The van der Waals surface area contributed by atoms with Crippen molar-refractivity contribution in [3.05, 3.63) is 40.2 Å². The van der Waals surface area contributed by atoms with E-state index < -0.39 is 14.5 Å². The summed E-state index contributed by atoms with van der Waals surface area (Å²) < 4.78 is 32.2. The van der Waals surface area contributed by atoms with Gasteiger partial charge in [-0.1, -0.05) is 0 Å². The van der Waals surface area contributed by atoms with Crippen molar-refractivity contribution in [3.8, 4) is 5.75 Å². The third-order valence-corrected chi connectivity index (χ3v) is 5.69. The first kappa shape index (κ1) is 18.3. The molecule has 2 aromatic rings. The SMILES string of the molecule is COc1ccc2c(CC(=O)NCCSS(C)(=O)=O)cc(=O)oc2c1. The van der Waals surface area contributed by atoms with Gasteiger partial charge in [-0.3, -0.25) is 4.79 Å². The van der Waals surface area contributed by atoms with Crippen molar-refractivity contribution >= 4 is 36.5 Å². The Kier molecular flexibility index (Phi) is 5.89. The predicted molar refractivity (Wildman–Crippen MR) is 93.1 cm³/mol. The molecule has 1 heterocycles. The number of nitrogens with one attached hydrogen (secondary N) is 1. The van der Waals surface area contributed by atoms with Crippen molar-refractivity contribution in [2.75, 3.05) is 25.7 Å². The Bertz CT molecular complexity index is 904. The molecule has 0 spiro atoms. The molecule has 130 valence electrons. The Balaban J connectivity index is 2.09. The van der Waals surface area contributed by atoms with Gasteiger partial charge in [0.15, 0.2) is 8.87 Å². The van der Waals surface area contributed by atoms with Crippen LogP contribution >= 0.6 is 10.8 Å². The van der Waals surface area contributed by atoms with Gasteiger partial charge in [0, 0.05) is 36.1 Å². The zero-order valence-electron chi connectivity index (χ0n) is 13.2. The summed E-state index contributed by atoms with van der Waals surface area (Å²) in [5, 5.41) is 3.28. The summed E-state index contributed by atoms with van der Waals surface area (Å²) in [6.07, 6.45) is 1.11. The number of fused-ring (bicyclic) bond motifs is 1. The van der Waals surface area contributed by atoms with Crippen LogP contribution < -0.4 is 15.7 Å². The summed E-state index contributed by atoms with van der Waals surface area (Å²) in [7, 11) is -0.848. The molecule has 0 bridgehead atoms. The van der Waals surface area contributed by atoms with Gasteiger partial charge in [0.1, 0.15) is 11.3 Å². The Hall–Kier alpha value is -2.00. The van der Waals surface area contributed by atoms with Crippen LogP contribution in [-0.4, -0.2) is 40.0 Å². The molecule has 0 aliphatic rings. The smallest absolute Gasteiger partial charge is 0.336 e. The van der Waals surface area contributed by atoms with E-state index in [1.807, 2.05) is 0 Å². The molecule has 0 saturated heterocycles. The Morgan fingerprint density at radius 1 is 1.33 bits per heavy atom. The van der Waals surface area contributed by atoms with Crippen LogP contribution in [0.1, 0.15) is 5.56 Å². The minimum absolute atomic E-state index is 0.00201. The molecular weight excluding hydrogens is 354 g/mol. The van der Waals surface area contributed by atoms with Crippen LogP contribution in [0, 0.1) is 0 Å². The van der Waals surface area contributed by atoms with Crippen molar-refractivity contribution in [3.63, 3.8) is 0 Å². The van der Waals surface area contributed by atoms with E-state index in [1.54, 1.807) is 18.2 Å². The summed E-state index contributed by atoms with van der Waals surface area (Å²) >= 11 is 0. The van der Waals surface area contributed by atoms with Crippen molar-refractivity contribution in [1.82, 2.24) is 5.32 Å². The normalized spacial score (nSPS) is 11.4. The average molecular weight is 371 g/mol. The van der Waals surface area contributed by atoms with Crippen LogP contribution in [0.25, 0.3) is 11.0 Å². The quantitative estimate of drug-likeness (QED) is 0.442. The van der Waals surface area contributed by atoms with Crippen LogP contribution in [0.15, 0.2) is 33.5 Å². The molecule has 7 nitrogen and oxygen atoms in total. The second kappa shape index (κ2) is 7.71. The first-order valence-electron chi connectivity index (χ1n) is 7.00. The summed E-state index contributed by atoms with van der Waals surface area (Å²) in [6.45, 7) is 0.226. The molecule has 0 saturated carbocycles. The number of carbonyl (C=O) groups excluding carboxylic acids is 1. The lowest BCUT2D eigenvalue weighted by atomic mass is 10.1. The largest absolute Gasteiger partial charge is 0.497 e. The van der Waals surface area contributed by atoms with E-state index >= 15 is 0 Å². The van der Waals surface area contributed by atoms with E-state index in [4.69, 9.17) is 9.15 Å². The van der Waals surface area contributed by atoms with E-state index in [2.05, 4.69) is 5.32 Å². The van der Waals surface area contributed by atoms with E-state index in [9.17, 15) is 18.0 Å². The zero-order chi connectivity index (χ0) is 17.7. The third-order valence-electron chi connectivity index (χ3n) is 3.11. The van der Waals surface area contributed by atoms with Gasteiger partial charge in [0.05, 0.1) is 13.5 Å². The van der Waals surface area contributed by atoms with Gasteiger partial charge in [0.2, 0.25) is 5.91 Å². The Morgan fingerprint density at radius 2 is 2.08 bits per heavy atom. The minimum atomic E-state index is -3.12. The van der Waals surface area contributed by atoms with Crippen molar-refractivity contribution in [2.24, 2.45) is 0 Å². The Morgan fingerprint density at radius 3 is 2.75 bits per heavy atom. The number of amides is 1. The summed E-state index contributed by atoms with van der Waals surface area (Å²) in [6, 6.07) is 6.30. The molecule has 9 heteroatoms. The van der Waals surface area contributed by atoms with Crippen LogP contribution in [0.5, 0.6) is 5.75 Å². The number of benzene rings is 1. The van der Waals surface area contributed by atoms with E-state index in [0.717, 1.165) is 17.0 Å². The summed E-state index contributed by atoms with van der Waals surface area (Å²) in [4.78, 5) is 23.6. The first-order chi connectivity index (χ1) is 11.3. The van der Waals surface area contributed by atoms with Gasteiger partial charge in [-0.15, -0.1) is 0 Å². The number of methoxy groups -OCH3 is 1. The zero-order valence-corrected chi connectivity index (χ0v) is 14.8. The molecule has 0 unspecified atom stereocenters. The van der Waals surface area contributed by atoms with E-state index in [0.29, 0.717) is 22.3 Å². The van der Waals surface area contributed by atoms with Gasteiger partial charge in [0.25, 0.3) is 0 Å². The molecular formula is C15H17NO6S2. The molecule has 0 radical (unpaired) electrons. The Labute approximate surface area is 142 Å². The molecule has 1 amide bonds. The van der Waals surface area contributed by atoms with E-state index in [1.165, 1.54) is 13.2 Å². The van der Waals surface area contributed by atoms with Crippen LogP contribution in [-0.2, 0) is 20.1 Å². The third kappa shape index (κ3) is 5.27. The highest BCUT2D eigenvalue weighted by Crippen LogP contribution is 2.22. The molecule has 1 N–H and O–H groups in total. The lowest BCUT2D eigenvalue weighted by Crippen LogP contribution is -2.27. The molecule has 0 aliphatic carbocycles. The number of ether oxygens (including phenoxy) is 1. The van der Waals surface area contributed by atoms with Gasteiger partial charge in [-0.2, -0.15) is 0 Å². The molecule has 2 rings (SSSR count). The second-order valence-corrected chi connectivity index (χ2v) is 9.58. The first-order valence-corrected chi connectivity index (χ1v) is 10.4. The summed E-state index contributed by atoms with van der Waals surface area (Å²) in [5.41, 5.74) is 0.334. The molecule has 0 fully saturated rings. The monoisotopic (exact) mass is 371 g/mol. The maximum Gasteiger partial charge on any atom is 0.336 e. The number of hydrogen-bond acceptors (Lipinski definition) is 7. The van der Waals surface area contributed by atoms with Crippen molar-refractivity contribution in [2.45, 2.75) is 6.42 Å². The second-order valence-electron chi connectivity index (χ2n) is 5.01. The molecule has 24 heavy (non-hydrogen) atoms. The van der Waals surface area contributed by atoms with E-state index in [-0.39, 0.29) is 24.6 Å². The maximum absolute atomic E-state index is 12.0. The highest BCUT2D eigenvalue weighted by Gasteiger charge is 2.11. The van der Waals surface area contributed by atoms with Crippen LogP contribution in [0.3, 0.4) is 0 Å². The number of carbonyl (C=O) groups is 1. The molecule has 1 aromatic carbocycles. The lowest BCUT2D eigenvalue weighted by molar-refractivity contribution is -0.120. The average Bonchev–Trinajstić information content (AvgIpc) is 2.49. The fourth-order valence-corrected chi connectivity index (χ4v) is 3.75. The topological polar surface area (TPSA) is 103 Å². The number of rotatable bonds is 7. The van der Waals surface area contributed by atoms with Gasteiger partial charge >= 0.3 is 5.63 Å². The molecule has 1 aromatic heterocycles. The number of hydrogen-bond donors (Lipinski definition) is 1. The molecule has 0 atom stereocenters. The van der Waals surface area contributed by atoms with Crippen molar-refractivity contribution < 1.29 is 22.4 Å².